The Labute approximate surface area is 138 Å². The van der Waals surface area contributed by atoms with E-state index in [1.807, 2.05) is 6.07 Å². The highest BCUT2D eigenvalue weighted by Gasteiger charge is 2.33. The molecule has 1 N–H and O–H groups in total. The topological polar surface area (TPSA) is 24.4 Å². The summed E-state index contributed by atoms with van der Waals surface area (Å²) < 4.78 is 38.5. The smallest absolute Gasteiger partial charge is 0.277 e. The van der Waals surface area contributed by atoms with Crippen LogP contribution in [0.25, 0.3) is 0 Å². The molecule has 0 amide bonds. The molecular weight excluding hydrogens is 416 g/mol. The first-order chi connectivity index (χ1) is 9.89. The van der Waals surface area contributed by atoms with Crippen molar-refractivity contribution in [1.82, 2.24) is 0 Å². The molecule has 0 heterocycles. The van der Waals surface area contributed by atoms with Gasteiger partial charge in [-0.2, -0.15) is 18.3 Å². The summed E-state index contributed by atoms with van der Waals surface area (Å²) in [5, 5.41) is 3.88. The van der Waals surface area contributed by atoms with Crippen LogP contribution in [0.5, 0.6) is 0 Å². The second kappa shape index (κ2) is 6.65. The highest BCUT2D eigenvalue weighted by atomic mass is 127. The fourth-order valence-corrected chi connectivity index (χ4v) is 2.88. The predicted molar refractivity (Wildman–Crippen MR) is 86.6 cm³/mol. The standard InChI is InChI=1S/C14H9ClF3IN2/c15-13(21-20-9-5-2-1-3-6-9)10-7-4-8-11(12(10)19)14(16,17)18/h1-8,20H. The van der Waals surface area contributed by atoms with Crippen molar-refractivity contribution in [3.8, 4) is 0 Å². The molecule has 0 aromatic heterocycles. The summed E-state index contributed by atoms with van der Waals surface area (Å²) in [5.74, 6) is 0. The first kappa shape index (κ1) is 16.1. The van der Waals surface area contributed by atoms with E-state index in [9.17, 15) is 13.2 Å². The number of hydrogen-bond donors (Lipinski definition) is 1. The van der Waals surface area contributed by atoms with Gasteiger partial charge in [0.15, 0.2) is 5.17 Å². The zero-order valence-corrected chi connectivity index (χ0v) is 13.4. The summed E-state index contributed by atoms with van der Waals surface area (Å²) in [4.78, 5) is 0. The number of rotatable bonds is 3. The Hall–Kier alpha value is -1.28. The minimum Gasteiger partial charge on any atom is -0.277 e. The maximum Gasteiger partial charge on any atom is 0.417 e. The number of nitrogens with one attached hydrogen (secondary N) is 1. The minimum absolute atomic E-state index is 0.0196. The Balaban J connectivity index is 2.29. The molecule has 0 bridgehead atoms. The summed E-state index contributed by atoms with van der Waals surface area (Å²) in [6.45, 7) is 0. The molecule has 2 rings (SSSR count). The van der Waals surface area contributed by atoms with E-state index >= 15 is 0 Å². The zero-order chi connectivity index (χ0) is 15.5. The van der Waals surface area contributed by atoms with Crippen molar-refractivity contribution < 1.29 is 13.2 Å². The number of benzene rings is 2. The van der Waals surface area contributed by atoms with Gasteiger partial charge in [-0.1, -0.05) is 41.9 Å². The molecule has 2 nitrogen and oxygen atoms in total. The Morgan fingerprint density at radius 3 is 2.33 bits per heavy atom. The lowest BCUT2D eigenvalue weighted by Crippen LogP contribution is -2.10. The Morgan fingerprint density at radius 1 is 1.05 bits per heavy atom. The first-order valence-electron chi connectivity index (χ1n) is 5.80. The fourth-order valence-electron chi connectivity index (χ4n) is 1.60. The molecular formula is C14H9ClF3IN2. The van der Waals surface area contributed by atoms with Crippen molar-refractivity contribution in [2.75, 3.05) is 5.43 Å². The number of para-hydroxylation sites is 1. The molecule has 0 atom stereocenters. The molecule has 0 unspecified atom stereocenters. The molecule has 0 fully saturated rings. The van der Waals surface area contributed by atoms with Crippen LogP contribution in [0.3, 0.4) is 0 Å². The molecule has 0 aliphatic rings. The zero-order valence-electron chi connectivity index (χ0n) is 10.5. The number of hydrogen-bond acceptors (Lipinski definition) is 2. The van der Waals surface area contributed by atoms with Gasteiger partial charge in [0.25, 0.3) is 0 Å². The van der Waals surface area contributed by atoms with Gasteiger partial charge in [0.05, 0.1) is 11.3 Å². The van der Waals surface area contributed by atoms with Crippen LogP contribution >= 0.6 is 34.2 Å². The van der Waals surface area contributed by atoms with Crippen molar-refractivity contribution in [3.05, 3.63) is 63.2 Å². The van der Waals surface area contributed by atoms with E-state index in [1.54, 1.807) is 46.9 Å². The van der Waals surface area contributed by atoms with Crippen molar-refractivity contribution in [2.24, 2.45) is 5.10 Å². The third-order valence-electron chi connectivity index (χ3n) is 2.58. The lowest BCUT2D eigenvalue weighted by atomic mass is 10.1. The summed E-state index contributed by atoms with van der Waals surface area (Å²) in [6, 6.07) is 12.8. The number of halogens is 5. The van der Waals surface area contributed by atoms with E-state index in [4.69, 9.17) is 11.6 Å². The number of anilines is 1. The second-order valence-electron chi connectivity index (χ2n) is 4.05. The summed E-state index contributed by atoms with van der Waals surface area (Å²) in [5.41, 5.74) is 2.90. The Bertz CT molecular complexity index is 657. The van der Waals surface area contributed by atoms with E-state index in [0.29, 0.717) is 5.69 Å². The Kier molecular flexibility index (Phi) is 5.10. The van der Waals surface area contributed by atoms with Crippen LogP contribution in [-0.2, 0) is 6.18 Å². The average molecular weight is 425 g/mol. The SMILES string of the molecule is FC(F)(F)c1cccc(C(Cl)=NNc2ccccc2)c1I. The molecule has 21 heavy (non-hydrogen) atoms. The average Bonchev–Trinajstić information content (AvgIpc) is 2.45. The van der Waals surface area contributed by atoms with Gasteiger partial charge in [0, 0.05) is 9.13 Å². The maximum absolute atomic E-state index is 12.8. The number of nitrogens with zero attached hydrogens (tertiary/aromatic N) is 1. The normalized spacial score (nSPS) is 12.3. The van der Waals surface area contributed by atoms with Crippen LogP contribution in [0.2, 0.25) is 0 Å². The van der Waals surface area contributed by atoms with Gasteiger partial charge in [0.1, 0.15) is 0 Å². The highest BCUT2D eigenvalue weighted by molar-refractivity contribution is 14.1. The van der Waals surface area contributed by atoms with Crippen LogP contribution in [-0.4, -0.2) is 5.17 Å². The van der Waals surface area contributed by atoms with Gasteiger partial charge in [-0.05, 0) is 40.8 Å². The van der Waals surface area contributed by atoms with Gasteiger partial charge in [0.2, 0.25) is 0 Å². The molecule has 0 radical (unpaired) electrons. The monoisotopic (exact) mass is 424 g/mol. The Morgan fingerprint density at radius 2 is 1.71 bits per heavy atom. The van der Waals surface area contributed by atoms with E-state index in [0.717, 1.165) is 6.07 Å². The van der Waals surface area contributed by atoms with Crippen LogP contribution in [0.4, 0.5) is 18.9 Å². The van der Waals surface area contributed by atoms with Gasteiger partial charge < -0.3 is 0 Å². The van der Waals surface area contributed by atoms with Crippen molar-refractivity contribution >= 4 is 45.1 Å². The van der Waals surface area contributed by atoms with Crippen LogP contribution in [0, 0.1) is 3.57 Å². The summed E-state index contributed by atoms with van der Waals surface area (Å²) in [6.07, 6.45) is -4.42. The van der Waals surface area contributed by atoms with Crippen molar-refractivity contribution in [1.29, 1.82) is 0 Å². The van der Waals surface area contributed by atoms with Gasteiger partial charge in [-0.25, -0.2) is 0 Å². The molecule has 7 heteroatoms. The van der Waals surface area contributed by atoms with Crippen LogP contribution < -0.4 is 5.43 Å². The fraction of sp³-hybridized carbons (Fsp3) is 0.0714. The van der Waals surface area contributed by atoms with Gasteiger partial charge in [-0.15, -0.1) is 0 Å². The van der Waals surface area contributed by atoms with Crippen molar-refractivity contribution in [3.63, 3.8) is 0 Å². The quantitative estimate of drug-likeness (QED) is 0.402. The number of hydrazone groups is 1. The summed E-state index contributed by atoms with van der Waals surface area (Å²) in [7, 11) is 0. The van der Waals surface area contributed by atoms with Crippen molar-refractivity contribution in [2.45, 2.75) is 6.18 Å². The van der Waals surface area contributed by atoms with Gasteiger partial charge in [-0.3, -0.25) is 5.43 Å². The van der Waals surface area contributed by atoms with E-state index in [-0.39, 0.29) is 14.3 Å². The van der Waals surface area contributed by atoms with Crippen LogP contribution in [0.15, 0.2) is 53.6 Å². The molecule has 0 aliphatic heterocycles. The molecule has 0 saturated heterocycles. The highest BCUT2D eigenvalue weighted by Crippen LogP contribution is 2.34. The van der Waals surface area contributed by atoms with E-state index in [2.05, 4.69) is 10.5 Å². The largest absolute Gasteiger partial charge is 0.417 e. The maximum atomic E-state index is 12.8. The number of alkyl halides is 3. The second-order valence-corrected chi connectivity index (χ2v) is 5.48. The molecule has 2 aromatic carbocycles. The van der Waals surface area contributed by atoms with Crippen LogP contribution in [0.1, 0.15) is 11.1 Å². The third-order valence-corrected chi connectivity index (χ3v) is 4.03. The molecule has 0 saturated carbocycles. The lowest BCUT2D eigenvalue weighted by molar-refractivity contribution is -0.138. The van der Waals surface area contributed by atoms with Gasteiger partial charge >= 0.3 is 6.18 Å². The predicted octanol–water partition coefficient (Wildman–Crippen LogP) is 5.32. The molecule has 0 aliphatic carbocycles. The van der Waals surface area contributed by atoms with E-state index in [1.165, 1.54) is 12.1 Å². The molecule has 2 aromatic rings. The van der Waals surface area contributed by atoms with E-state index < -0.39 is 11.7 Å². The molecule has 0 spiro atoms. The third kappa shape index (κ3) is 4.10. The molecule has 110 valence electrons. The minimum atomic E-state index is -4.42. The lowest BCUT2D eigenvalue weighted by Gasteiger charge is -2.11. The summed E-state index contributed by atoms with van der Waals surface area (Å²) >= 11 is 7.62. The first-order valence-corrected chi connectivity index (χ1v) is 7.25.